The summed E-state index contributed by atoms with van der Waals surface area (Å²) < 4.78 is 7.41. The van der Waals surface area contributed by atoms with Crippen LogP contribution >= 0.6 is 15.9 Å². The van der Waals surface area contributed by atoms with Crippen molar-refractivity contribution in [1.29, 1.82) is 0 Å². The molecule has 7 aromatic carbocycles. The van der Waals surface area contributed by atoms with Crippen molar-refractivity contribution in [1.82, 2.24) is 0 Å². The highest BCUT2D eigenvalue weighted by Crippen LogP contribution is 2.57. The molecule has 0 spiro atoms. The maximum Gasteiger partial charge on any atom is 0.137 e. The van der Waals surface area contributed by atoms with E-state index in [1.165, 1.54) is 33.4 Å². The zero-order valence-electron chi connectivity index (χ0n) is 24.9. The van der Waals surface area contributed by atoms with E-state index in [2.05, 4.69) is 179 Å². The lowest BCUT2D eigenvalue weighted by molar-refractivity contribution is 0.669. The van der Waals surface area contributed by atoms with Gasteiger partial charge < -0.3 is 9.32 Å². The predicted molar refractivity (Wildman–Crippen MR) is 193 cm³/mol. The number of hydrogen-bond donors (Lipinski definition) is 0. The molecule has 8 aromatic rings. The summed E-state index contributed by atoms with van der Waals surface area (Å²) in [5, 5.41) is 2.21. The molecule has 0 aliphatic heterocycles. The number of para-hydroxylation sites is 1. The molecule has 0 saturated carbocycles. The minimum atomic E-state index is -0.425. The van der Waals surface area contributed by atoms with Crippen molar-refractivity contribution < 1.29 is 4.42 Å². The van der Waals surface area contributed by atoms with Crippen molar-refractivity contribution in [2.45, 2.75) is 5.41 Å². The van der Waals surface area contributed by atoms with Crippen LogP contribution in [-0.4, -0.2) is 0 Å². The fourth-order valence-corrected chi connectivity index (χ4v) is 7.84. The first-order valence-electron chi connectivity index (χ1n) is 15.5. The number of hydrogen-bond acceptors (Lipinski definition) is 2. The Balaban J connectivity index is 1.28. The van der Waals surface area contributed by atoms with Crippen molar-refractivity contribution >= 4 is 54.9 Å². The molecule has 1 aliphatic carbocycles. The van der Waals surface area contributed by atoms with Crippen LogP contribution < -0.4 is 4.90 Å². The van der Waals surface area contributed by atoms with Gasteiger partial charge in [0.15, 0.2) is 0 Å². The summed E-state index contributed by atoms with van der Waals surface area (Å²) in [4.78, 5) is 2.33. The van der Waals surface area contributed by atoms with Gasteiger partial charge in [-0.1, -0.05) is 125 Å². The molecule has 2 nitrogen and oxygen atoms in total. The van der Waals surface area contributed by atoms with Crippen LogP contribution in [0.3, 0.4) is 0 Å². The molecule has 0 amide bonds. The first-order chi connectivity index (χ1) is 22.7. The molecule has 0 N–H and O–H groups in total. The summed E-state index contributed by atoms with van der Waals surface area (Å²) in [5.41, 5.74) is 12.2. The molecule has 3 heteroatoms. The Kier molecular flexibility index (Phi) is 6.22. The number of rotatable bonds is 5. The first-order valence-corrected chi connectivity index (χ1v) is 16.3. The molecule has 46 heavy (non-hydrogen) atoms. The van der Waals surface area contributed by atoms with Gasteiger partial charge in [-0.15, -0.1) is 0 Å². The Labute approximate surface area is 276 Å². The van der Waals surface area contributed by atoms with Crippen LogP contribution in [0, 0.1) is 0 Å². The number of anilines is 3. The fourth-order valence-electron chi connectivity index (χ4n) is 7.48. The van der Waals surface area contributed by atoms with Crippen LogP contribution in [0.15, 0.2) is 179 Å². The monoisotopic (exact) mass is 653 g/mol. The number of nitrogens with zero attached hydrogens (tertiary/aromatic N) is 1. The summed E-state index contributed by atoms with van der Waals surface area (Å²) in [6.07, 6.45) is 0. The van der Waals surface area contributed by atoms with Gasteiger partial charge in [-0.3, -0.25) is 0 Å². The van der Waals surface area contributed by atoms with E-state index in [4.69, 9.17) is 4.42 Å². The van der Waals surface area contributed by atoms with Crippen molar-refractivity contribution in [2.24, 2.45) is 0 Å². The second-order valence-corrected chi connectivity index (χ2v) is 12.8. The maximum atomic E-state index is 6.37. The van der Waals surface area contributed by atoms with E-state index in [1.807, 2.05) is 12.1 Å². The highest BCUT2D eigenvalue weighted by molar-refractivity contribution is 9.10. The second-order valence-electron chi connectivity index (χ2n) is 11.9. The SMILES string of the molecule is Brc1ccc2oc3cc(N(c4ccccc4)c4ccc5c(c4)-c4ccccc4C5(c4ccccc4)c4ccccc4)ccc3c2c1. The third-order valence-electron chi connectivity index (χ3n) is 9.39. The first kappa shape index (κ1) is 27.0. The summed E-state index contributed by atoms with van der Waals surface area (Å²) >= 11 is 3.63. The molecule has 1 aliphatic rings. The van der Waals surface area contributed by atoms with Crippen molar-refractivity contribution in [3.63, 3.8) is 0 Å². The van der Waals surface area contributed by atoms with Gasteiger partial charge in [0.1, 0.15) is 11.2 Å². The van der Waals surface area contributed by atoms with Gasteiger partial charge in [-0.05, 0) is 88.0 Å². The van der Waals surface area contributed by atoms with Crippen molar-refractivity contribution in [2.75, 3.05) is 4.90 Å². The van der Waals surface area contributed by atoms with E-state index in [0.29, 0.717) is 0 Å². The van der Waals surface area contributed by atoms with Gasteiger partial charge in [0.05, 0.1) is 5.41 Å². The molecule has 0 bridgehead atoms. The summed E-state index contributed by atoms with van der Waals surface area (Å²) in [6.45, 7) is 0. The Morgan fingerprint density at radius 1 is 0.435 bits per heavy atom. The second kappa shape index (κ2) is 10.6. The smallest absolute Gasteiger partial charge is 0.137 e. The molecule has 1 heterocycles. The van der Waals surface area contributed by atoms with Gasteiger partial charge in [0.2, 0.25) is 0 Å². The zero-order chi connectivity index (χ0) is 30.7. The Morgan fingerprint density at radius 3 is 1.78 bits per heavy atom. The lowest BCUT2D eigenvalue weighted by Crippen LogP contribution is -2.28. The number of benzene rings is 7. The van der Waals surface area contributed by atoms with Gasteiger partial charge in [-0.25, -0.2) is 0 Å². The summed E-state index contributed by atoms with van der Waals surface area (Å²) in [5.74, 6) is 0. The lowest BCUT2D eigenvalue weighted by atomic mass is 9.68. The van der Waals surface area contributed by atoms with Crippen LogP contribution in [0.5, 0.6) is 0 Å². The molecule has 218 valence electrons. The van der Waals surface area contributed by atoms with Crippen molar-refractivity contribution in [3.8, 4) is 11.1 Å². The van der Waals surface area contributed by atoms with E-state index >= 15 is 0 Å². The Morgan fingerprint density at radius 2 is 1.04 bits per heavy atom. The van der Waals surface area contributed by atoms with Crippen LogP contribution in [0.1, 0.15) is 22.3 Å². The molecular formula is C43H28BrNO. The Hall–Kier alpha value is -5.38. The van der Waals surface area contributed by atoms with Crippen LogP contribution in [-0.2, 0) is 5.41 Å². The molecular weight excluding hydrogens is 626 g/mol. The topological polar surface area (TPSA) is 16.4 Å². The highest BCUT2D eigenvalue weighted by atomic mass is 79.9. The van der Waals surface area contributed by atoms with Crippen LogP contribution in [0.2, 0.25) is 0 Å². The van der Waals surface area contributed by atoms with E-state index in [9.17, 15) is 0 Å². The summed E-state index contributed by atoms with van der Waals surface area (Å²) in [6, 6.07) is 61.1. The highest BCUT2D eigenvalue weighted by Gasteiger charge is 2.46. The number of halogens is 1. The summed E-state index contributed by atoms with van der Waals surface area (Å²) in [7, 11) is 0. The van der Waals surface area contributed by atoms with E-state index in [1.54, 1.807) is 0 Å². The van der Waals surface area contributed by atoms with Crippen LogP contribution in [0.4, 0.5) is 17.1 Å². The van der Waals surface area contributed by atoms with Gasteiger partial charge in [0.25, 0.3) is 0 Å². The average molecular weight is 655 g/mol. The molecule has 1 aromatic heterocycles. The zero-order valence-corrected chi connectivity index (χ0v) is 26.5. The number of fused-ring (bicyclic) bond motifs is 6. The van der Waals surface area contributed by atoms with E-state index in [-0.39, 0.29) is 0 Å². The van der Waals surface area contributed by atoms with E-state index < -0.39 is 5.41 Å². The largest absolute Gasteiger partial charge is 0.456 e. The molecule has 0 radical (unpaired) electrons. The van der Waals surface area contributed by atoms with Gasteiger partial charge in [-0.2, -0.15) is 0 Å². The third-order valence-corrected chi connectivity index (χ3v) is 9.88. The molecule has 9 rings (SSSR count). The molecule has 0 unspecified atom stereocenters. The minimum Gasteiger partial charge on any atom is -0.456 e. The quantitative estimate of drug-likeness (QED) is 0.184. The van der Waals surface area contributed by atoms with E-state index in [0.717, 1.165) is 43.5 Å². The molecule has 0 atom stereocenters. The normalized spacial score (nSPS) is 13.1. The fraction of sp³-hybridized carbons (Fsp3) is 0.0233. The number of furan rings is 1. The van der Waals surface area contributed by atoms with Crippen molar-refractivity contribution in [3.05, 3.63) is 197 Å². The van der Waals surface area contributed by atoms with Gasteiger partial charge >= 0.3 is 0 Å². The molecule has 0 fully saturated rings. The standard InChI is InChI=1S/C43H28BrNO/c44-31-20-25-41-38(26-31)36-23-21-34(28-42(36)46-41)45(32-16-8-3-9-17-32)33-22-24-40-37(27-33)35-18-10-11-19-39(35)43(40,29-12-4-1-5-13-29)30-14-6-2-7-15-30/h1-28H. The predicted octanol–water partition coefficient (Wildman–Crippen LogP) is 12.2. The minimum absolute atomic E-state index is 0.425. The molecule has 0 saturated heterocycles. The van der Waals surface area contributed by atoms with Gasteiger partial charge in [0, 0.05) is 38.4 Å². The average Bonchev–Trinajstić information content (AvgIpc) is 3.62. The lowest BCUT2D eigenvalue weighted by Gasteiger charge is -2.34. The Bertz CT molecular complexity index is 2340. The maximum absolute atomic E-state index is 6.37. The third kappa shape index (κ3) is 4.02. The van der Waals surface area contributed by atoms with Crippen LogP contribution in [0.25, 0.3) is 33.1 Å².